The van der Waals surface area contributed by atoms with E-state index in [1.807, 2.05) is 19.9 Å². The third-order valence-corrected chi connectivity index (χ3v) is 4.65. The molecule has 7 heteroatoms. The van der Waals surface area contributed by atoms with Crippen LogP contribution < -0.4 is 0 Å². The maximum absolute atomic E-state index is 5.19. The third kappa shape index (κ3) is 2.76. The van der Waals surface area contributed by atoms with Gasteiger partial charge in [-0.05, 0) is 61.4 Å². The van der Waals surface area contributed by atoms with Crippen molar-refractivity contribution in [2.75, 3.05) is 0 Å². The Hall–Kier alpha value is -2.15. The lowest BCUT2D eigenvalue weighted by atomic mass is 10.1. The second kappa shape index (κ2) is 5.92. The third-order valence-electron chi connectivity index (χ3n) is 3.70. The van der Waals surface area contributed by atoms with Crippen LogP contribution in [0.4, 0.5) is 0 Å². The predicted molar refractivity (Wildman–Crippen MR) is 84.2 cm³/mol. The second-order valence-corrected chi connectivity index (χ2v) is 6.18. The van der Waals surface area contributed by atoms with Gasteiger partial charge >= 0.3 is 0 Å². The summed E-state index contributed by atoms with van der Waals surface area (Å²) in [6.45, 7) is 8.03. The first kappa shape index (κ1) is 14.8. The summed E-state index contributed by atoms with van der Waals surface area (Å²) in [7, 11) is 0. The molecule has 0 atom stereocenters. The molecule has 0 saturated heterocycles. The summed E-state index contributed by atoms with van der Waals surface area (Å²) >= 11 is 1.57. The van der Waals surface area contributed by atoms with Gasteiger partial charge in [0.25, 0.3) is 0 Å². The fourth-order valence-electron chi connectivity index (χ4n) is 2.13. The molecule has 0 N–H and O–H groups in total. The summed E-state index contributed by atoms with van der Waals surface area (Å²) in [5, 5.41) is 16.7. The number of thioether (sulfide) groups is 1. The van der Waals surface area contributed by atoms with E-state index in [9.17, 15) is 0 Å². The van der Waals surface area contributed by atoms with Gasteiger partial charge in [0, 0.05) is 11.3 Å². The first-order chi connectivity index (χ1) is 10.6. The van der Waals surface area contributed by atoms with Crippen molar-refractivity contribution in [2.24, 2.45) is 0 Å². The van der Waals surface area contributed by atoms with E-state index >= 15 is 0 Å². The largest absolute Gasteiger partial charge is 0.361 e. The molecule has 6 nitrogen and oxygen atoms in total. The van der Waals surface area contributed by atoms with Gasteiger partial charge in [0.05, 0.1) is 11.4 Å². The van der Waals surface area contributed by atoms with Crippen LogP contribution in [0.1, 0.15) is 28.1 Å². The van der Waals surface area contributed by atoms with E-state index in [1.54, 1.807) is 16.4 Å². The van der Waals surface area contributed by atoms with Gasteiger partial charge < -0.3 is 4.52 Å². The minimum Gasteiger partial charge on any atom is -0.361 e. The van der Waals surface area contributed by atoms with Gasteiger partial charge in [-0.25, -0.2) is 0 Å². The van der Waals surface area contributed by atoms with Gasteiger partial charge in [0.15, 0.2) is 0 Å². The molecule has 22 heavy (non-hydrogen) atoms. The molecule has 3 rings (SSSR count). The predicted octanol–water partition coefficient (Wildman–Crippen LogP) is 3.18. The molecule has 0 radical (unpaired) electrons. The topological polar surface area (TPSA) is 69.6 Å². The van der Waals surface area contributed by atoms with E-state index in [0.29, 0.717) is 0 Å². The van der Waals surface area contributed by atoms with Gasteiger partial charge in [-0.15, -0.1) is 5.10 Å². The van der Waals surface area contributed by atoms with Gasteiger partial charge in [-0.1, -0.05) is 23.0 Å². The smallest absolute Gasteiger partial charge is 0.214 e. The molecule has 0 aliphatic rings. The second-order valence-electron chi connectivity index (χ2n) is 5.23. The Morgan fingerprint density at radius 3 is 2.64 bits per heavy atom. The van der Waals surface area contributed by atoms with Crippen LogP contribution in [-0.4, -0.2) is 25.4 Å². The lowest BCUT2D eigenvalue weighted by Gasteiger charge is -2.06. The summed E-state index contributed by atoms with van der Waals surface area (Å²) in [6.07, 6.45) is 0. The SMILES string of the molecule is Cc1ccc(-n2nnnc2SCc2c(C)noc2C)cc1C. The van der Waals surface area contributed by atoms with E-state index in [0.717, 1.165) is 33.6 Å². The number of hydrogen-bond donors (Lipinski definition) is 0. The molecule has 0 aliphatic heterocycles. The Morgan fingerprint density at radius 1 is 1.14 bits per heavy atom. The van der Waals surface area contributed by atoms with Gasteiger partial charge in [0.1, 0.15) is 5.76 Å². The van der Waals surface area contributed by atoms with E-state index < -0.39 is 0 Å². The molecule has 1 aromatic carbocycles. The van der Waals surface area contributed by atoms with Crippen molar-refractivity contribution in [3.63, 3.8) is 0 Å². The Balaban J connectivity index is 1.84. The molecular weight excluding hydrogens is 298 g/mol. The molecule has 114 valence electrons. The summed E-state index contributed by atoms with van der Waals surface area (Å²) in [5.74, 6) is 1.57. The molecule has 0 bridgehead atoms. The molecule has 3 aromatic rings. The molecule has 0 fully saturated rings. The number of hydrogen-bond acceptors (Lipinski definition) is 6. The standard InChI is InChI=1S/C15H17N5OS/c1-9-5-6-13(7-10(9)2)20-15(16-18-19-20)22-8-14-11(3)17-21-12(14)4/h5-7H,8H2,1-4H3. The molecule has 0 unspecified atom stereocenters. The lowest BCUT2D eigenvalue weighted by molar-refractivity contribution is 0.392. The highest BCUT2D eigenvalue weighted by atomic mass is 32.2. The number of aryl methyl sites for hydroxylation is 4. The van der Waals surface area contributed by atoms with Crippen molar-refractivity contribution < 1.29 is 4.52 Å². The van der Waals surface area contributed by atoms with E-state index in [4.69, 9.17) is 4.52 Å². The minimum atomic E-state index is 0.729. The van der Waals surface area contributed by atoms with Crippen molar-refractivity contribution in [1.82, 2.24) is 25.4 Å². The average molecular weight is 315 g/mol. The Morgan fingerprint density at radius 2 is 1.95 bits per heavy atom. The molecule has 0 aliphatic carbocycles. The molecule has 0 saturated carbocycles. The first-order valence-corrected chi connectivity index (χ1v) is 7.95. The maximum atomic E-state index is 5.19. The van der Waals surface area contributed by atoms with E-state index in [1.165, 1.54) is 11.1 Å². The van der Waals surface area contributed by atoms with Crippen LogP contribution in [0.2, 0.25) is 0 Å². The lowest BCUT2D eigenvalue weighted by Crippen LogP contribution is -2.00. The molecular formula is C15H17N5OS. The summed E-state index contributed by atoms with van der Waals surface area (Å²) in [4.78, 5) is 0. The van der Waals surface area contributed by atoms with Crippen molar-refractivity contribution in [3.8, 4) is 5.69 Å². The van der Waals surface area contributed by atoms with Crippen molar-refractivity contribution in [2.45, 2.75) is 38.6 Å². The minimum absolute atomic E-state index is 0.729. The van der Waals surface area contributed by atoms with Gasteiger partial charge in [-0.2, -0.15) is 4.68 Å². The summed E-state index contributed by atoms with van der Waals surface area (Å²) < 4.78 is 6.95. The highest BCUT2D eigenvalue weighted by Gasteiger charge is 2.14. The highest BCUT2D eigenvalue weighted by molar-refractivity contribution is 7.98. The van der Waals surface area contributed by atoms with Crippen LogP contribution in [-0.2, 0) is 5.75 Å². The zero-order chi connectivity index (χ0) is 15.7. The molecule has 0 amide bonds. The van der Waals surface area contributed by atoms with Crippen molar-refractivity contribution in [3.05, 3.63) is 46.3 Å². The number of nitrogens with zero attached hydrogens (tertiary/aromatic N) is 5. The molecule has 2 aromatic heterocycles. The summed E-state index contributed by atoms with van der Waals surface area (Å²) in [6, 6.07) is 6.19. The van der Waals surface area contributed by atoms with E-state index in [2.05, 4.69) is 46.7 Å². The average Bonchev–Trinajstić information content (AvgIpc) is 3.08. The van der Waals surface area contributed by atoms with Crippen LogP contribution >= 0.6 is 11.8 Å². The number of tetrazole rings is 1. The number of benzene rings is 1. The maximum Gasteiger partial charge on any atom is 0.214 e. The van der Waals surface area contributed by atoms with Gasteiger partial charge in [0.2, 0.25) is 5.16 Å². The zero-order valence-corrected chi connectivity index (χ0v) is 13.8. The number of aromatic nitrogens is 5. The van der Waals surface area contributed by atoms with Gasteiger partial charge in [-0.3, -0.25) is 0 Å². The van der Waals surface area contributed by atoms with Crippen LogP contribution in [0.25, 0.3) is 5.69 Å². The van der Waals surface area contributed by atoms with Crippen LogP contribution in [0.3, 0.4) is 0 Å². The fourth-order valence-corrected chi connectivity index (χ4v) is 3.18. The normalized spacial score (nSPS) is 11.1. The van der Waals surface area contributed by atoms with Crippen molar-refractivity contribution >= 4 is 11.8 Å². The number of rotatable bonds is 4. The fraction of sp³-hybridized carbons (Fsp3) is 0.333. The highest BCUT2D eigenvalue weighted by Crippen LogP contribution is 2.26. The van der Waals surface area contributed by atoms with Crippen LogP contribution in [0.15, 0.2) is 27.9 Å². The summed E-state index contributed by atoms with van der Waals surface area (Å²) in [5.41, 5.74) is 5.45. The quantitative estimate of drug-likeness (QED) is 0.689. The Bertz CT molecular complexity index is 789. The van der Waals surface area contributed by atoms with Crippen LogP contribution in [0.5, 0.6) is 0 Å². The Kier molecular flexibility index (Phi) is 3.98. The molecule has 0 spiro atoms. The Labute approximate surface area is 132 Å². The van der Waals surface area contributed by atoms with E-state index in [-0.39, 0.29) is 0 Å². The monoisotopic (exact) mass is 315 g/mol. The van der Waals surface area contributed by atoms with Crippen molar-refractivity contribution in [1.29, 1.82) is 0 Å². The first-order valence-electron chi connectivity index (χ1n) is 6.97. The zero-order valence-electron chi connectivity index (χ0n) is 13.0. The molecule has 2 heterocycles. The van der Waals surface area contributed by atoms with Crippen LogP contribution in [0, 0.1) is 27.7 Å².